The molecule has 1 amide bonds. The largest absolute Gasteiger partial charge is 0.486 e. The monoisotopic (exact) mass is 391 g/mol. The van der Waals surface area contributed by atoms with Gasteiger partial charge in [0, 0.05) is 18.8 Å². The van der Waals surface area contributed by atoms with Crippen LogP contribution < -0.4 is 14.8 Å². The summed E-state index contributed by atoms with van der Waals surface area (Å²) in [5.41, 5.74) is 2.16. The van der Waals surface area contributed by atoms with E-state index in [1.807, 2.05) is 55.6 Å². The van der Waals surface area contributed by atoms with Crippen LogP contribution in [-0.2, 0) is 11.2 Å². The molecule has 1 aliphatic heterocycles. The Kier molecular flexibility index (Phi) is 5.79. The maximum absolute atomic E-state index is 12.8. The van der Waals surface area contributed by atoms with Crippen molar-refractivity contribution in [2.75, 3.05) is 13.2 Å². The molecule has 2 atom stereocenters. The molecular formula is C23H25N3O3. The van der Waals surface area contributed by atoms with Gasteiger partial charge in [-0.05, 0) is 42.7 Å². The Morgan fingerprint density at radius 3 is 2.66 bits per heavy atom. The van der Waals surface area contributed by atoms with Gasteiger partial charge < -0.3 is 14.8 Å². The fourth-order valence-corrected chi connectivity index (χ4v) is 3.54. The summed E-state index contributed by atoms with van der Waals surface area (Å²) in [7, 11) is 0. The molecule has 6 nitrogen and oxygen atoms in total. The number of aromatic nitrogens is 2. The minimum absolute atomic E-state index is 0.0104. The molecule has 0 saturated heterocycles. The summed E-state index contributed by atoms with van der Waals surface area (Å²) in [6, 6.07) is 17.7. The highest BCUT2D eigenvalue weighted by molar-refractivity contribution is 5.77. The van der Waals surface area contributed by atoms with Crippen LogP contribution >= 0.6 is 0 Å². The highest BCUT2D eigenvalue weighted by atomic mass is 16.6. The van der Waals surface area contributed by atoms with Crippen molar-refractivity contribution >= 4 is 5.91 Å². The van der Waals surface area contributed by atoms with Gasteiger partial charge in [-0.1, -0.05) is 36.4 Å². The van der Waals surface area contributed by atoms with Crippen molar-refractivity contribution in [2.24, 2.45) is 0 Å². The second kappa shape index (κ2) is 8.82. The average Bonchev–Trinajstić information content (AvgIpc) is 3.29. The lowest BCUT2D eigenvalue weighted by Crippen LogP contribution is -2.31. The van der Waals surface area contributed by atoms with Crippen molar-refractivity contribution in [3.63, 3.8) is 0 Å². The minimum atomic E-state index is -0.162. The lowest BCUT2D eigenvalue weighted by molar-refractivity contribution is -0.122. The molecule has 3 aromatic rings. The number of rotatable bonds is 7. The van der Waals surface area contributed by atoms with Crippen molar-refractivity contribution in [3.05, 3.63) is 78.1 Å². The van der Waals surface area contributed by atoms with E-state index in [9.17, 15) is 4.79 Å². The second-order valence-electron chi connectivity index (χ2n) is 7.25. The van der Waals surface area contributed by atoms with E-state index in [1.54, 1.807) is 10.9 Å². The van der Waals surface area contributed by atoms with Crippen LogP contribution in [0, 0.1) is 0 Å². The molecule has 2 heterocycles. The first-order valence-electron chi connectivity index (χ1n) is 9.91. The number of carbonyl (C=O) groups is 1. The molecule has 4 rings (SSSR count). The summed E-state index contributed by atoms with van der Waals surface area (Å²) in [4.78, 5) is 12.8. The number of amides is 1. The zero-order valence-corrected chi connectivity index (χ0v) is 16.5. The average molecular weight is 391 g/mol. The zero-order chi connectivity index (χ0) is 20.1. The van der Waals surface area contributed by atoms with E-state index >= 15 is 0 Å². The predicted octanol–water partition coefficient (Wildman–Crippen LogP) is 3.71. The summed E-state index contributed by atoms with van der Waals surface area (Å²) in [5.74, 6) is 1.46. The highest BCUT2D eigenvalue weighted by Crippen LogP contribution is 2.33. The third-order valence-electron chi connectivity index (χ3n) is 5.04. The molecule has 0 saturated carbocycles. The topological polar surface area (TPSA) is 65.4 Å². The van der Waals surface area contributed by atoms with Crippen molar-refractivity contribution in [2.45, 2.75) is 31.8 Å². The Bertz CT molecular complexity index is 941. The van der Waals surface area contributed by atoms with E-state index < -0.39 is 0 Å². The Morgan fingerprint density at radius 2 is 1.90 bits per heavy atom. The number of nitrogens with one attached hydrogen (secondary N) is 1. The van der Waals surface area contributed by atoms with E-state index in [4.69, 9.17) is 9.47 Å². The zero-order valence-electron chi connectivity index (χ0n) is 16.5. The molecule has 0 radical (unpaired) electrons. The molecule has 0 spiro atoms. The maximum Gasteiger partial charge on any atom is 0.222 e. The number of hydrogen-bond donors (Lipinski definition) is 1. The van der Waals surface area contributed by atoms with E-state index in [0.717, 1.165) is 22.6 Å². The summed E-state index contributed by atoms with van der Waals surface area (Å²) < 4.78 is 13.2. The summed E-state index contributed by atoms with van der Waals surface area (Å²) in [6.07, 6.45) is 4.65. The summed E-state index contributed by atoms with van der Waals surface area (Å²) in [5, 5.41) is 7.43. The summed E-state index contributed by atoms with van der Waals surface area (Å²) >= 11 is 0. The van der Waals surface area contributed by atoms with Gasteiger partial charge in [-0.2, -0.15) is 5.10 Å². The fraction of sp³-hybridized carbons (Fsp3) is 0.304. The Morgan fingerprint density at radius 1 is 1.10 bits per heavy atom. The van der Waals surface area contributed by atoms with Gasteiger partial charge in [0.15, 0.2) is 11.5 Å². The van der Waals surface area contributed by atoms with E-state index in [0.29, 0.717) is 26.1 Å². The number of nitrogens with zero attached hydrogens (tertiary/aromatic N) is 2. The number of fused-ring (bicyclic) bond motifs is 1. The van der Waals surface area contributed by atoms with Gasteiger partial charge in [0.25, 0.3) is 0 Å². The molecule has 1 N–H and O–H groups in total. The van der Waals surface area contributed by atoms with Gasteiger partial charge >= 0.3 is 0 Å². The van der Waals surface area contributed by atoms with Gasteiger partial charge in [-0.25, -0.2) is 0 Å². The first-order valence-corrected chi connectivity index (χ1v) is 9.91. The van der Waals surface area contributed by atoms with Crippen LogP contribution in [-0.4, -0.2) is 28.9 Å². The molecule has 1 aromatic heterocycles. The van der Waals surface area contributed by atoms with Gasteiger partial charge in [-0.15, -0.1) is 0 Å². The molecule has 0 unspecified atom stereocenters. The molecule has 0 fully saturated rings. The molecule has 1 aliphatic rings. The first kappa shape index (κ1) is 19.1. The van der Waals surface area contributed by atoms with Crippen LogP contribution in [0.15, 0.2) is 67.0 Å². The van der Waals surface area contributed by atoms with Crippen molar-refractivity contribution < 1.29 is 14.3 Å². The van der Waals surface area contributed by atoms with Gasteiger partial charge in [-0.3, -0.25) is 9.48 Å². The first-order chi connectivity index (χ1) is 14.2. The Balaban J connectivity index is 1.52. The van der Waals surface area contributed by atoms with Crippen LogP contribution in [0.4, 0.5) is 0 Å². The van der Waals surface area contributed by atoms with Gasteiger partial charge in [0.2, 0.25) is 5.91 Å². The van der Waals surface area contributed by atoms with Crippen LogP contribution in [0.3, 0.4) is 0 Å². The van der Waals surface area contributed by atoms with Crippen LogP contribution in [0.2, 0.25) is 0 Å². The molecule has 29 heavy (non-hydrogen) atoms. The third-order valence-corrected chi connectivity index (χ3v) is 5.04. The molecule has 150 valence electrons. The van der Waals surface area contributed by atoms with Crippen molar-refractivity contribution in [3.8, 4) is 11.5 Å². The number of ether oxygens (including phenoxy) is 2. The van der Waals surface area contributed by atoms with E-state index in [1.165, 1.54) is 0 Å². The minimum Gasteiger partial charge on any atom is -0.486 e. The van der Waals surface area contributed by atoms with Crippen molar-refractivity contribution in [1.29, 1.82) is 0 Å². The Labute approximate surface area is 170 Å². The lowest BCUT2D eigenvalue weighted by Gasteiger charge is -2.24. The normalized spacial score (nSPS) is 14.8. The van der Waals surface area contributed by atoms with Crippen LogP contribution in [0.25, 0.3) is 0 Å². The Hall–Kier alpha value is -3.28. The van der Waals surface area contributed by atoms with Gasteiger partial charge in [0.1, 0.15) is 13.2 Å². The van der Waals surface area contributed by atoms with E-state index in [-0.39, 0.29) is 18.0 Å². The standard InChI is InChI=1S/C23H25N3O3/c1-17(26-11-5-10-24-26)14-23(27)25-20(15-18-6-3-2-4-7-18)19-8-9-21-22(16-19)29-13-12-28-21/h2-11,16-17,20H,12-15H2,1H3,(H,25,27)/t17-,20+/m0/s1. The van der Waals surface area contributed by atoms with Crippen LogP contribution in [0.5, 0.6) is 11.5 Å². The second-order valence-corrected chi connectivity index (χ2v) is 7.25. The van der Waals surface area contributed by atoms with Gasteiger partial charge in [0.05, 0.1) is 12.1 Å². The lowest BCUT2D eigenvalue weighted by atomic mass is 9.98. The van der Waals surface area contributed by atoms with Crippen molar-refractivity contribution in [1.82, 2.24) is 15.1 Å². The number of benzene rings is 2. The maximum atomic E-state index is 12.8. The number of carbonyl (C=O) groups excluding carboxylic acids is 1. The predicted molar refractivity (Wildman–Crippen MR) is 110 cm³/mol. The molecular weight excluding hydrogens is 366 g/mol. The molecule has 2 aromatic carbocycles. The third kappa shape index (κ3) is 4.77. The summed E-state index contributed by atoms with van der Waals surface area (Å²) in [6.45, 7) is 3.08. The SMILES string of the molecule is C[C@@H](CC(=O)N[C@H](Cc1ccccc1)c1ccc2c(c1)OCCO2)n1cccn1. The molecule has 0 bridgehead atoms. The van der Waals surface area contributed by atoms with E-state index in [2.05, 4.69) is 22.5 Å². The fourth-order valence-electron chi connectivity index (χ4n) is 3.54. The highest BCUT2D eigenvalue weighted by Gasteiger charge is 2.20. The van der Waals surface area contributed by atoms with Crippen LogP contribution in [0.1, 0.15) is 36.6 Å². The smallest absolute Gasteiger partial charge is 0.222 e. The molecule has 0 aliphatic carbocycles. The molecule has 6 heteroatoms. The number of hydrogen-bond acceptors (Lipinski definition) is 4. The quantitative estimate of drug-likeness (QED) is 0.667.